The van der Waals surface area contributed by atoms with Crippen molar-refractivity contribution < 1.29 is 4.79 Å². The van der Waals surface area contributed by atoms with E-state index in [1.807, 2.05) is 25.1 Å². The first-order valence-corrected chi connectivity index (χ1v) is 5.72. The predicted octanol–water partition coefficient (Wildman–Crippen LogP) is 3.12. The van der Waals surface area contributed by atoms with Gasteiger partial charge in [0.25, 0.3) is 0 Å². The Balaban J connectivity index is 2.70. The molecule has 1 amide bonds. The lowest BCUT2D eigenvalue weighted by Gasteiger charge is -2.19. The SMILES string of the molecule is C=CCN(C/C(C)=C\c1ccccc1)C(C)=O. The van der Waals surface area contributed by atoms with Crippen molar-refractivity contribution in [1.82, 2.24) is 4.90 Å². The van der Waals surface area contributed by atoms with Crippen LogP contribution in [0.2, 0.25) is 0 Å². The highest BCUT2D eigenvalue weighted by molar-refractivity contribution is 5.74. The molecule has 2 heteroatoms. The molecule has 2 nitrogen and oxygen atoms in total. The molecule has 90 valence electrons. The predicted molar refractivity (Wildman–Crippen MR) is 72.5 cm³/mol. The van der Waals surface area contributed by atoms with Gasteiger partial charge in [0.05, 0.1) is 0 Å². The van der Waals surface area contributed by atoms with Crippen LogP contribution in [-0.4, -0.2) is 23.9 Å². The number of amides is 1. The summed E-state index contributed by atoms with van der Waals surface area (Å²) in [7, 11) is 0. The van der Waals surface area contributed by atoms with Crippen LogP contribution < -0.4 is 0 Å². The van der Waals surface area contributed by atoms with Crippen molar-refractivity contribution in [3.63, 3.8) is 0 Å². The highest BCUT2D eigenvalue weighted by Crippen LogP contribution is 2.07. The van der Waals surface area contributed by atoms with E-state index in [0.29, 0.717) is 13.1 Å². The normalized spacial score (nSPS) is 11.1. The fraction of sp³-hybridized carbons (Fsp3) is 0.267. The molecule has 0 aliphatic carbocycles. The molecule has 0 aliphatic rings. The van der Waals surface area contributed by atoms with Gasteiger partial charge in [-0.15, -0.1) is 6.58 Å². The van der Waals surface area contributed by atoms with Crippen LogP contribution >= 0.6 is 0 Å². The van der Waals surface area contributed by atoms with Crippen LogP contribution in [-0.2, 0) is 4.79 Å². The van der Waals surface area contributed by atoms with E-state index in [4.69, 9.17) is 0 Å². The molecule has 1 rings (SSSR count). The molecule has 0 atom stereocenters. The number of benzene rings is 1. The third kappa shape index (κ3) is 4.68. The molecule has 0 saturated carbocycles. The minimum absolute atomic E-state index is 0.0747. The maximum atomic E-state index is 11.4. The summed E-state index contributed by atoms with van der Waals surface area (Å²) in [6, 6.07) is 10.1. The van der Waals surface area contributed by atoms with Gasteiger partial charge in [-0.1, -0.05) is 48.1 Å². The molecule has 0 spiro atoms. The van der Waals surface area contributed by atoms with E-state index in [2.05, 4.69) is 24.8 Å². The second-order valence-corrected chi connectivity index (χ2v) is 4.09. The van der Waals surface area contributed by atoms with Crippen molar-refractivity contribution in [2.75, 3.05) is 13.1 Å². The maximum Gasteiger partial charge on any atom is 0.220 e. The molecule has 17 heavy (non-hydrogen) atoms. The average molecular weight is 229 g/mol. The molecule has 0 saturated heterocycles. The zero-order chi connectivity index (χ0) is 12.7. The monoisotopic (exact) mass is 229 g/mol. The van der Waals surface area contributed by atoms with Crippen LogP contribution in [0.1, 0.15) is 19.4 Å². The van der Waals surface area contributed by atoms with Gasteiger partial charge in [0, 0.05) is 20.0 Å². The summed E-state index contributed by atoms with van der Waals surface area (Å²) in [6.07, 6.45) is 3.84. The number of hydrogen-bond acceptors (Lipinski definition) is 1. The minimum Gasteiger partial charge on any atom is -0.335 e. The summed E-state index contributed by atoms with van der Waals surface area (Å²) in [5.41, 5.74) is 2.32. The van der Waals surface area contributed by atoms with Crippen molar-refractivity contribution in [2.24, 2.45) is 0 Å². The smallest absolute Gasteiger partial charge is 0.220 e. The lowest BCUT2D eigenvalue weighted by molar-refractivity contribution is -0.127. The lowest BCUT2D eigenvalue weighted by atomic mass is 10.1. The maximum absolute atomic E-state index is 11.4. The van der Waals surface area contributed by atoms with Crippen LogP contribution in [0.15, 0.2) is 48.6 Å². The zero-order valence-corrected chi connectivity index (χ0v) is 10.5. The molecular weight excluding hydrogens is 210 g/mol. The number of hydrogen-bond donors (Lipinski definition) is 0. The Hall–Kier alpha value is -1.83. The van der Waals surface area contributed by atoms with Gasteiger partial charge in [0.15, 0.2) is 0 Å². The third-order valence-corrected chi connectivity index (χ3v) is 2.45. The van der Waals surface area contributed by atoms with Crippen LogP contribution in [0.5, 0.6) is 0 Å². The summed E-state index contributed by atoms with van der Waals surface area (Å²) in [6.45, 7) is 8.52. The molecule has 1 aromatic rings. The van der Waals surface area contributed by atoms with E-state index >= 15 is 0 Å². The fourth-order valence-electron chi connectivity index (χ4n) is 1.64. The van der Waals surface area contributed by atoms with Gasteiger partial charge in [-0.05, 0) is 12.5 Å². The minimum atomic E-state index is 0.0747. The highest BCUT2D eigenvalue weighted by atomic mass is 16.2. The van der Waals surface area contributed by atoms with Crippen LogP contribution in [0.4, 0.5) is 0 Å². The molecule has 1 aromatic carbocycles. The van der Waals surface area contributed by atoms with E-state index in [9.17, 15) is 4.79 Å². The highest BCUT2D eigenvalue weighted by Gasteiger charge is 2.06. The van der Waals surface area contributed by atoms with Gasteiger partial charge in [0.2, 0.25) is 5.91 Å². The summed E-state index contributed by atoms with van der Waals surface area (Å²) < 4.78 is 0. The molecule has 0 aromatic heterocycles. The lowest BCUT2D eigenvalue weighted by Crippen LogP contribution is -2.30. The Morgan fingerprint density at radius 2 is 1.94 bits per heavy atom. The summed E-state index contributed by atoms with van der Waals surface area (Å²) in [5, 5.41) is 0. The number of rotatable bonds is 5. The largest absolute Gasteiger partial charge is 0.335 e. The summed E-state index contributed by atoms with van der Waals surface area (Å²) in [4.78, 5) is 13.1. The van der Waals surface area contributed by atoms with Crippen molar-refractivity contribution >= 4 is 12.0 Å². The van der Waals surface area contributed by atoms with Crippen LogP contribution in [0.3, 0.4) is 0 Å². The summed E-state index contributed by atoms with van der Waals surface area (Å²) in [5.74, 6) is 0.0747. The first-order valence-electron chi connectivity index (χ1n) is 5.72. The van der Waals surface area contributed by atoms with E-state index in [-0.39, 0.29) is 5.91 Å². The second-order valence-electron chi connectivity index (χ2n) is 4.09. The molecule has 0 aliphatic heterocycles. The van der Waals surface area contributed by atoms with E-state index in [0.717, 1.165) is 11.1 Å². The molecule has 0 heterocycles. The van der Waals surface area contributed by atoms with Crippen molar-refractivity contribution in [1.29, 1.82) is 0 Å². The van der Waals surface area contributed by atoms with Gasteiger partial charge < -0.3 is 4.90 Å². The number of nitrogens with zero attached hydrogens (tertiary/aromatic N) is 1. The number of carbonyl (C=O) groups excluding carboxylic acids is 1. The van der Waals surface area contributed by atoms with Gasteiger partial charge in [-0.3, -0.25) is 4.79 Å². The Labute approximate surface area is 103 Å². The molecule has 0 unspecified atom stereocenters. The van der Waals surface area contributed by atoms with Gasteiger partial charge in [-0.2, -0.15) is 0 Å². The molecular formula is C15H19NO. The van der Waals surface area contributed by atoms with Crippen molar-refractivity contribution in [3.05, 3.63) is 54.1 Å². The van der Waals surface area contributed by atoms with Crippen molar-refractivity contribution in [2.45, 2.75) is 13.8 Å². The second kappa shape index (κ2) is 6.69. The van der Waals surface area contributed by atoms with Gasteiger partial charge >= 0.3 is 0 Å². The third-order valence-electron chi connectivity index (χ3n) is 2.45. The van der Waals surface area contributed by atoms with Crippen LogP contribution in [0, 0.1) is 0 Å². The van der Waals surface area contributed by atoms with E-state index in [1.165, 1.54) is 0 Å². The Kier molecular flexibility index (Phi) is 5.21. The molecule has 0 fully saturated rings. The van der Waals surface area contributed by atoms with Crippen molar-refractivity contribution in [3.8, 4) is 0 Å². The standard InChI is InChI=1S/C15H19NO/c1-4-10-16(14(3)17)12-13(2)11-15-8-6-5-7-9-15/h4-9,11H,1,10,12H2,2-3H3/b13-11-. The fourth-order valence-corrected chi connectivity index (χ4v) is 1.64. The molecule has 0 radical (unpaired) electrons. The molecule has 0 N–H and O–H groups in total. The van der Waals surface area contributed by atoms with Gasteiger partial charge in [0.1, 0.15) is 0 Å². The van der Waals surface area contributed by atoms with Gasteiger partial charge in [-0.25, -0.2) is 0 Å². The quantitative estimate of drug-likeness (QED) is 0.710. The Morgan fingerprint density at radius 3 is 2.47 bits per heavy atom. The topological polar surface area (TPSA) is 20.3 Å². The Bertz CT molecular complexity index is 406. The van der Waals surface area contributed by atoms with E-state index < -0.39 is 0 Å². The summed E-state index contributed by atoms with van der Waals surface area (Å²) >= 11 is 0. The zero-order valence-electron chi connectivity index (χ0n) is 10.5. The average Bonchev–Trinajstić information content (AvgIpc) is 2.29. The first-order chi connectivity index (χ1) is 8.13. The van der Waals surface area contributed by atoms with E-state index in [1.54, 1.807) is 17.9 Å². The Morgan fingerprint density at radius 1 is 1.29 bits per heavy atom. The number of carbonyl (C=O) groups is 1. The molecule has 0 bridgehead atoms. The van der Waals surface area contributed by atoms with Crippen LogP contribution in [0.25, 0.3) is 6.08 Å². The first kappa shape index (κ1) is 13.2.